The van der Waals surface area contributed by atoms with Crippen molar-refractivity contribution in [2.45, 2.75) is 32.4 Å². The third-order valence-electron chi connectivity index (χ3n) is 7.72. The Morgan fingerprint density at radius 1 is 0.413 bits per heavy atom. The van der Waals surface area contributed by atoms with Crippen LogP contribution in [-0.4, -0.2) is 126 Å². The van der Waals surface area contributed by atoms with Gasteiger partial charge in [0.1, 0.15) is 13.1 Å². The predicted molar refractivity (Wildman–Crippen MR) is 174 cm³/mol. The zero-order valence-corrected chi connectivity index (χ0v) is 26.6. The first kappa shape index (κ1) is 36.1. The number of nitrogens with two attached hydrogens (primary N) is 3. The molecule has 1 aliphatic rings. The molecule has 0 spiro atoms. The molecule has 1 aliphatic heterocycles. The lowest BCUT2D eigenvalue weighted by atomic mass is 10.2. The summed E-state index contributed by atoms with van der Waals surface area (Å²) in [6.45, 7) is 0.283. The van der Waals surface area contributed by atoms with E-state index in [2.05, 4.69) is 0 Å². The predicted octanol–water partition coefficient (Wildman–Crippen LogP) is -0.410. The molecular weight excluding hydrogens is 588 g/mol. The minimum absolute atomic E-state index is 0.129. The average molecular weight is 637 g/mol. The first-order valence-electron chi connectivity index (χ1n) is 15.8. The van der Waals surface area contributed by atoms with Gasteiger partial charge in [0, 0.05) is 32.7 Å². The van der Waals surface area contributed by atoms with Crippen molar-refractivity contribution < 1.29 is 24.0 Å². The number of hydrogen-bond donors (Lipinski definition) is 3. The number of rotatable bonds is 13. The van der Waals surface area contributed by atoms with Crippen LogP contribution in [0.1, 0.15) is 30.4 Å². The van der Waals surface area contributed by atoms with Gasteiger partial charge in [-0.2, -0.15) is 0 Å². The van der Waals surface area contributed by atoms with Crippen LogP contribution in [0.4, 0.5) is 0 Å². The molecule has 6 N–H and O–H groups in total. The third kappa shape index (κ3) is 11.5. The first-order valence-corrected chi connectivity index (χ1v) is 15.8. The number of benzene rings is 2. The normalized spacial score (nSPS) is 16.2. The van der Waals surface area contributed by atoms with Gasteiger partial charge in [0.25, 0.3) is 0 Å². The second-order valence-electron chi connectivity index (χ2n) is 11.3. The molecule has 0 bridgehead atoms. The molecule has 5 amide bonds. The maximum absolute atomic E-state index is 13.9. The van der Waals surface area contributed by atoms with Crippen molar-refractivity contribution in [2.75, 3.05) is 72.0 Å². The highest BCUT2D eigenvalue weighted by Crippen LogP contribution is 2.12. The molecular formula is C33H48N8O5. The maximum atomic E-state index is 13.9. The van der Waals surface area contributed by atoms with E-state index in [-0.39, 0.29) is 65.4 Å². The van der Waals surface area contributed by atoms with Crippen molar-refractivity contribution in [3.05, 3.63) is 71.8 Å². The maximum Gasteiger partial charge on any atom is 0.242 e. The van der Waals surface area contributed by atoms with Gasteiger partial charge in [0.2, 0.25) is 29.5 Å². The van der Waals surface area contributed by atoms with Crippen molar-refractivity contribution in [3.63, 3.8) is 0 Å². The monoisotopic (exact) mass is 636 g/mol. The lowest BCUT2D eigenvalue weighted by Crippen LogP contribution is -2.50. The van der Waals surface area contributed by atoms with Crippen LogP contribution in [0.3, 0.4) is 0 Å². The molecule has 13 heteroatoms. The molecule has 1 heterocycles. The third-order valence-corrected chi connectivity index (χ3v) is 7.72. The van der Waals surface area contributed by atoms with Crippen LogP contribution in [-0.2, 0) is 37.1 Å². The van der Waals surface area contributed by atoms with Gasteiger partial charge in [0.05, 0.1) is 19.6 Å². The van der Waals surface area contributed by atoms with E-state index < -0.39 is 29.5 Å². The molecule has 0 saturated carbocycles. The van der Waals surface area contributed by atoms with E-state index in [0.29, 0.717) is 38.9 Å². The fourth-order valence-electron chi connectivity index (χ4n) is 5.11. The fourth-order valence-corrected chi connectivity index (χ4v) is 5.11. The van der Waals surface area contributed by atoms with Gasteiger partial charge < -0.3 is 41.7 Å². The van der Waals surface area contributed by atoms with Crippen LogP contribution in [0.15, 0.2) is 60.7 Å². The Bertz CT molecular complexity index is 1230. The summed E-state index contributed by atoms with van der Waals surface area (Å²) in [5, 5.41) is 0. The van der Waals surface area contributed by atoms with Gasteiger partial charge in [-0.3, -0.25) is 24.0 Å². The second-order valence-corrected chi connectivity index (χ2v) is 11.3. The summed E-state index contributed by atoms with van der Waals surface area (Å²) in [5.41, 5.74) is 18.9. The Morgan fingerprint density at radius 2 is 0.674 bits per heavy atom. The van der Waals surface area contributed by atoms with Crippen LogP contribution in [0.5, 0.6) is 0 Å². The van der Waals surface area contributed by atoms with E-state index in [1.54, 1.807) is 0 Å². The quantitative estimate of drug-likeness (QED) is 0.265. The number of amides is 5. The summed E-state index contributed by atoms with van der Waals surface area (Å²) in [6, 6.07) is 18.5. The molecule has 46 heavy (non-hydrogen) atoms. The number of carbonyl (C=O) groups excluding carboxylic acids is 5. The van der Waals surface area contributed by atoms with Crippen molar-refractivity contribution in [2.24, 2.45) is 17.2 Å². The fraction of sp³-hybridized carbons (Fsp3) is 0.485. The van der Waals surface area contributed by atoms with Crippen LogP contribution >= 0.6 is 0 Å². The smallest absolute Gasteiger partial charge is 0.242 e. The van der Waals surface area contributed by atoms with E-state index >= 15 is 0 Å². The molecule has 0 atom stereocenters. The highest BCUT2D eigenvalue weighted by atomic mass is 16.2. The summed E-state index contributed by atoms with van der Waals surface area (Å²) in [7, 11) is 0. The van der Waals surface area contributed by atoms with E-state index in [9.17, 15) is 24.0 Å². The molecule has 0 aliphatic carbocycles. The van der Waals surface area contributed by atoms with Crippen molar-refractivity contribution in [1.82, 2.24) is 24.5 Å². The Morgan fingerprint density at radius 3 is 0.957 bits per heavy atom. The molecule has 3 rings (SSSR count). The lowest BCUT2D eigenvalue weighted by molar-refractivity contribution is -0.146. The Kier molecular flexibility index (Phi) is 15.1. The van der Waals surface area contributed by atoms with Crippen molar-refractivity contribution in [3.8, 4) is 0 Å². The number of nitrogens with zero attached hydrogens (tertiary/aromatic N) is 5. The molecule has 0 unspecified atom stereocenters. The summed E-state index contributed by atoms with van der Waals surface area (Å²) in [4.78, 5) is 75.9. The Hall–Kier alpha value is -4.33. The van der Waals surface area contributed by atoms with Crippen molar-refractivity contribution >= 4 is 29.5 Å². The van der Waals surface area contributed by atoms with Crippen LogP contribution < -0.4 is 17.2 Å². The van der Waals surface area contributed by atoms with Gasteiger partial charge in [-0.05, 0) is 50.0 Å². The van der Waals surface area contributed by atoms with E-state index in [1.807, 2.05) is 60.7 Å². The van der Waals surface area contributed by atoms with Crippen LogP contribution in [0.2, 0.25) is 0 Å². The summed E-state index contributed by atoms with van der Waals surface area (Å²) in [6.07, 6.45) is 1.33. The van der Waals surface area contributed by atoms with E-state index in [4.69, 9.17) is 17.2 Å². The van der Waals surface area contributed by atoms with Gasteiger partial charge in [0.15, 0.2) is 0 Å². The van der Waals surface area contributed by atoms with Gasteiger partial charge in [-0.15, -0.1) is 0 Å². The van der Waals surface area contributed by atoms with Crippen molar-refractivity contribution in [1.29, 1.82) is 0 Å². The van der Waals surface area contributed by atoms with Gasteiger partial charge in [-0.1, -0.05) is 60.7 Å². The average Bonchev–Trinajstić information content (AvgIpc) is 3.06. The molecule has 250 valence electrons. The molecule has 1 fully saturated rings. The first-order chi connectivity index (χ1) is 22.2. The minimum atomic E-state index is -0.437. The molecule has 0 aromatic heterocycles. The Labute approximate surface area is 271 Å². The summed E-state index contributed by atoms with van der Waals surface area (Å²) in [5.74, 6) is -2.17. The second kappa shape index (κ2) is 19.2. The standard InChI is InChI=1S/C33H48N8O5/c34-14-7-17-37-22-29(42)38(18-8-15-35)23-32(45)41(21-28-12-5-2-6-13-28)26-31(44)39(19-9-16-36)24-33(46)40(25-30(37)43)20-27-10-3-1-4-11-27/h1-6,10-13H,7-9,14-26,34-36H2. The summed E-state index contributed by atoms with van der Waals surface area (Å²) < 4.78 is 0. The zero-order chi connectivity index (χ0) is 33.3. The number of hydrogen-bond acceptors (Lipinski definition) is 8. The topological polar surface area (TPSA) is 180 Å². The number of carbonyl (C=O) groups is 5. The highest BCUT2D eigenvalue weighted by Gasteiger charge is 2.30. The van der Waals surface area contributed by atoms with Crippen LogP contribution in [0, 0.1) is 0 Å². The van der Waals surface area contributed by atoms with Gasteiger partial charge >= 0.3 is 0 Å². The van der Waals surface area contributed by atoms with E-state index in [0.717, 1.165) is 11.1 Å². The zero-order valence-electron chi connectivity index (χ0n) is 26.6. The molecule has 2 aromatic carbocycles. The Balaban J connectivity index is 2.04. The van der Waals surface area contributed by atoms with Crippen LogP contribution in [0.25, 0.3) is 0 Å². The summed E-state index contributed by atoms with van der Waals surface area (Å²) >= 11 is 0. The SMILES string of the molecule is NCCCN1CC(=O)N(Cc2ccccc2)CC(=O)N(CCCN)CC(=O)N(Cc2ccccc2)CC(=O)N(CCCN)CC1=O. The van der Waals surface area contributed by atoms with Gasteiger partial charge in [-0.25, -0.2) is 0 Å². The minimum Gasteiger partial charge on any atom is -0.332 e. The molecule has 0 radical (unpaired) electrons. The molecule has 1 saturated heterocycles. The lowest BCUT2D eigenvalue weighted by Gasteiger charge is -2.30. The van der Waals surface area contributed by atoms with E-state index in [1.165, 1.54) is 24.5 Å². The molecule has 13 nitrogen and oxygen atoms in total. The molecule has 2 aromatic rings. The highest BCUT2D eigenvalue weighted by molar-refractivity contribution is 5.93. The largest absolute Gasteiger partial charge is 0.332 e.